The van der Waals surface area contributed by atoms with E-state index in [0.29, 0.717) is 27.0 Å². The monoisotopic (exact) mass is 603 g/mol. The molecule has 0 aromatic heterocycles. The van der Waals surface area contributed by atoms with Crippen LogP contribution in [0.25, 0.3) is 10.8 Å². The third-order valence-electron chi connectivity index (χ3n) is 6.68. The molecule has 0 aliphatic carbocycles. The van der Waals surface area contributed by atoms with E-state index < -0.39 is 35.9 Å². The summed E-state index contributed by atoms with van der Waals surface area (Å²) in [6.07, 6.45) is -0.724. The number of carbonyl (C=O) groups excluding carboxylic acids is 3. The number of carboxylic acids is 2. The van der Waals surface area contributed by atoms with E-state index in [1.165, 1.54) is 55.3 Å². The summed E-state index contributed by atoms with van der Waals surface area (Å²) < 4.78 is 4.91. The third-order valence-corrected chi connectivity index (χ3v) is 6.94. The van der Waals surface area contributed by atoms with Gasteiger partial charge >= 0.3 is 23.9 Å². The minimum atomic E-state index is -1.79. The van der Waals surface area contributed by atoms with E-state index >= 15 is 0 Å². The van der Waals surface area contributed by atoms with Crippen molar-refractivity contribution in [2.45, 2.75) is 19.5 Å². The van der Waals surface area contributed by atoms with Crippen molar-refractivity contribution in [2.24, 2.45) is 0 Å². The third kappa shape index (κ3) is 6.57. The van der Waals surface area contributed by atoms with Gasteiger partial charge in [0.25, 0.3) is 0 Å². The first kappa shape index (κ1) is 30.5. The summed E-state index contributed by atoms with van der Waals surface area (Å²) >= 11 is 5.96. The second-order valence-electron chi connectivity index (χ2n) is 9.34. The van der Waals surface area contributed by atoms with Crippen LogP contribution >= 0.6 is 11.6 Å². The van der Waals surface area contributed by atoms with Crippen molar-refractivity contribution in [3.63, 3.8) is 0 Å². The fourth-order valence-electron chi connectivity index (χ4n) is 4.52. The molecular weight excluding hydrogens is 578 g/mol. The van der Waals surface area contributed by atoms with Crippen LogP contribution in [-0.4, -0.2) is 58.1 Å². The predicted molar refractivity (Wildman–Crippen MR) is 160 cm³/mol. The van der Waals surface area contributed by atoms with Crippen molar-refractivity contribution in [1.82, 2.24) is 4.90 Å². The summed E-state index contributed by atoms with van der Waals surface area (Å²) in [6, 6.07) is 20.8. The largest absolute Gasteiger partial charge is 0.478 e. The first-order chi connectivity index (χ1) is 20.5. The molecule has 12 heteroatoms. The van der Waals surface area contributed by atoms with Crippen LogP contribution in [0.1, 0.15) is 22.8 Å². The number of hydrogen-bond donors (Lipinski definition) is 3. The second-order valence-corrected chi connectivity index (χ2v) is 9.77. The van der Waals surface area contributed by atoms with Crippen LogP contribution in [-0.2, 0) is 25.7 Å². The second kappa shape index (κ2) is 13.0. The van der Waals surface area contributed by atoms with Crippen molar-refractivity contribution >= 4 is 69.3 Å². The van der Waals surface area contributed by atoms with Crippen molar-refractivity contribution < 1.29 is 38.9 Å². The van der Waals surface area contributed by atoms with E-state index in [9.17, 15) is 34.2 Å². The Morgan fingerprint density at radius 2 is 1.47 bits per heavy atom. The van der Waals surface area contributed by atoms with Gasteiger partial charge in [0.15, 0.2) is 0 Å². The average molecular weight is 604 g/mol. The summed E-state index contributed by atoms with van der Waals surface area (Å²) in [7, 11) is 1.21. The van der Waals surface area contributed by atoms with Crippen LogP contribution in [0.5, 0.6) is 0 Å². The fraction of sp³-hybridized carbons (Fsp3) is 0.129. The Balaban J connectivity index is 1.74. The molecule has 11 nitrogen and oxygen atoms in total. The van der Waals surface area contributed by atoms with Gasteiger partial charge in [0, 0.05) is 28.0 Å². The van der Waals surface area contributed by atoms with Gasteiger partial charge in [-0.1, -0.05) is 60.1 Å². The molecule has 0 aliphatic rings. The van der Waals surface area contributed by atoms with Gasteiger partial charge in [0.1, 0.15) is 6.04 Å². The van der Waals surface area contributed by atoms with E-state index in [1.54, 1.807) is 48.5 Å². The number of para-hydroxylation sites is 1. The van der Waals surface area contributed by atoms with Gasteiger partial charge < -0.3 is 20.3 Å². The number of fused-ring (bicyclic) bond motifs is 1. The van der Waals surface area contributed by atoms with Gasteiger partial charge in [-0.05, 0) is 48.9 Å². The highest BCUT2D eigenvalue weighted by atomic mass is 35.5. The number of carboxylic acid groups (broad SMARTS) is 2. The van der Waals surface area contributed by atoms with Gasteiger partial charge in [0.05, 0.1) is 24.0 Å². The Labute approximate surface area is 250 Å². The molecule has 0 saturated heterocycles. The lowest BCUT2D eigenvalue weighted by molar-refractivity contribution is -0.148. The number of aromatic carboxylic acids is 1. The molecule has 0 heterocycles. The topological polar surface area (TPSA) is 154 Å². The maximum Gasteiger partial charge on any atom is 0.410 e. The number of aliphatic carboxylic acids is 1. The maximum atomic E-state index is 13.4. The maximum absolute atomic E-state index is 13.4. The molecule has 4 rings (SSSR count). The standard InChI is InChI=1S/C31H26ClN3O8/c1-18(34(31(42)43-2)17-19-11-13-20(32)14-12-19)27(36)33-24-15-16-26(22-8-4-3-7-21(22)24)35(28(37)30(40)41)25-10-6-5-9-23(25)29(38)39/h3-16,18H,17H2,1-2H3,(H,33,36)(H,38,39)(H,40,41)/t18-/m0/s1. The highest BCUT2D eigenvalue weighted by Crippen LogP contribution is 2.37. The summed E-state index contributed by atoms with van der Waals surface area (Å²) in [6.45, 7) is 1.60. The summed E-state index contributed by atoms with van der Waals surface area (Å²) in [5, 5.41) is 23.4. The van der Waals surface area contributed by atoms with Gasteiger partial charge in [-0.3, -0.25) is 19.4 Å². The number of nitrogens with one attached hydrogen (secondary N) is 1. The van der Waals surface area contributed by atoms with Crippen LogP contribution in [0.3, 0.4) is 0 Å². The van der Waals surface area contributed by atoms with Crippen LogP contribution < -0.4 is 10.2 Å². The number of amides is 3. The number of methoxy groups -OCH3 is 1. The molecule has 0 aliphatic heterocycles. The number of benzene rings is 4. The molecule has 4 aromatic rings. The normalized spacial score (nSPS) is 11.3. The van der Waals surface area contributed by atoms with Gasteiger partial charge in [-0.2, -0.15) is 0 Å². The number of hydrogen-bond acceptors (Lipinski definition) is 6. The number of ether oxygens (including phenoxy) is 1. The summed E-state index contributed by atoms with van der Waals surface area (Å²) in [5.41, 5.74) is 0.683. The van der Waals surface area contributed by atoms with Gasteiger partial charge in [-0.25, -0.2) is 14.4 Å². The molecule has 0 unspecified atom stereocenters. The minimum absolute atomic E-state index is 0.0629. The van der Waals surface area contributed by atoms with Crippen LogP contribution in [0, 0.1) is 0 Å². The lowest BCUT2D eigenvalue weighted by atomic mass is 10.0. The predicted octanol–water partition coefficient (Wildman–Crippen LogP) is 5.54. The zero-order valence-corrected chi connectivity index (χ0v) is 23.7. The molecule has 0 saturated carbocycles. The Kier molecular flexibility index (Phi) is 9.26. The molecule has 1 atom stereocenters. The minimum Gasteiger partial charge on any atom is -0.478 e. The lowest BCUT2D eigenvalue weighted by Crippen LogP contribution is -2.45. The quantitative estimate of drug-likeness (QED) is 0.222. The number of anilines is 3. The number of halogens is 1. The van der Waals surface area contributed by atoms with Gasteiger partial charge in [0.2, 0.25) is 5.91 Å². The zero-order valence-electron chi connectivity index (χ0n) is 23.0. The highest BCUT2D eigenvalue weighted by Gasteiger charge is 2.31. The Bertz CT molecular complexity index is 1720. The molecule has 0 bridgehead atoms. The molecule has 0 spiro atoms. The van der Waals surface area contributed by atoms with Crippen LogP contribution in [0.15, 0.2) is 84.9 Å². The zero-order chi connectivity index (χ0) is 31.3. The van der Waals surface area contributed by atoms with E-state index in [0.717, 1.165) is 4.90 Å². The van der Waals surface area contributed by atoms with E-state index in [4.69, 9.17) is 16.3 Å². The molecule has 0 radical (unpaired) electrons. The Morgan fingerprint density at radius 3 is 2.09 bits per heavy atom. The molecule has 220 valence electrons. The van der Waals surface area contributed by atoms with Crippen molar-refractivity contribution in [1.29, 1.82) is 0 Å². The Morgan fingerprint density at radius 1 is 0.837 bits per heavy atom. The van der Waals surface area contributed by atoms with E-state index in [2.05, 4.69) is 5.32 Å². The number of nitrogens with zero attached hydrogens (tertiary/aromatic N) is 2. The number of carbonyl (C=O) groups is 5. The molecule has 0 fully saturated rings. The van der Waals surface area contributed by atoms with Crippen LogP contribution in [0.2, 0.25) is 5.02 Å². The Hall–Kier alpha value is -5.42. The molecule has 43 heavy (non-hydrogen) atoms. The van der Waals surface area contributed by atoms with E-state index in [-0.39, 0.29) is 23.5 Å². The number of rotatable bonds is 8. The van der Waals surface area contributed by atoms with Crippen molar-refractivity contribution in [3.05, 3.63) is 101 Å². The van der Waals surface area contributed by atoms with Crippen molar-refractivity contribution in [3.8, 4) is 0 Å². The lowest BCUT2D eigenvalue weighted by Gasteiger charge is -2.28. The summed E-state index contributed by atoms with van der Waals surface area (Å²) in [5.74, 6) is -5.07. The van der Waals surface area contributed by atoms with Crippen molar-refractivity contribution in [2.75, 3.05) is 17.3 Å². The average Bonchev–Trinajstić information content (AvgIpc) is 3.01. The summed E-state index contributed by atoms with van der Waals surface area (Å²) in [4.78, 5) is 64.8. The van der Waals surface area contributed by atoms with Gasteiger partial charge in [-0.15, -0.1) is 0 Å². The first-order valence-electron chi connectivity index (χ1n) is 12.8. The highest BCUT2D eigenvalue weighted by molar-refractivity contribution is 6.40. The van der Waals surface area contributed by atoms with E-state index in [1.807, 2.05) is 0 Å². The fourth-order valence-corrected chi connectivity index (χ4v) is 4.65. The molecule has 3 N–H and O–H groups in total. The molecule has 4 aromatic carbocycles. The smallest absolute Gasteiger partial charge is 0.410 e. The van der Waals surface area contributed by atoms with Crippen LogP contribution in [0.4, 0.5) is 21.9 Å². The molecular formula is C31H26ClN3O8. The first-order valence-corrected chi connectivity index (χ1v) is 13.2. The SMILES string of the molecule is COC(=O)N(Cc1ccc(Cl)cc1)[C@@H](C)C(=O)Nc1ccc(N(C(=O)C(=O)O)c2ccccc2C(=O)O)c2ccccc12. The molecule has 3 amide bonds.